The zero-order valence-corrected chi connectivity index (χ0v) is 11.0. The van der Waals surface area contributed by atoms with Crippen LogP contribution in [0, 0.1) is 6.92 Å². The summed E-state index contributed by atoms with van der Waals surface area (Å²) in [6.45, 7) is 7.15. The molecule has 6 nitrogen and oxygen atoms in total. The van der Waals surface area contributed by atoms with Gasteiger partial charge in [-0.05, 0) is 26.8 Å². The van der Waals surface area contributed by atoms with Gasteiger partial charge in [0, 0.05) is 5.56 Å². The van der Waals surface area contributed by atoms with Crippen molar-refractivity contribution in [1.82, 2.24) is 5.43 Å². The summed E-state index contributed by atoms with van der Waals surface area (Å²) in [4.78, 5) is 11.2. The molecule has 0 radical (unpaired) electrons. The third-order valence-electron chi connectivity index (χ3n) is 2.31. The van der Waals surface area contributed by atoms with Crippen molar-refractivity contribution < 1.29 is 18.7 Å². The molecule has 6 heteroatoms. The van der Waals surface area contributed by atoms with Gasteiger partial charge < -0.3 is 13.9 Å². The Bertz CT molecular complexity index is 387. The Morgan fingerprint density at radius 1 is 1.50 bits per heavy atom. The molecule has 3 N–H and O–H groups in total. The second kappa shape index (κ2) is 7.15. The van der Waals surface area contributed by atoms with Crippen LogP contribution in [0.2, 0.25) is 0 Å². The van der Waals surface area contributed by atoms with Gasteiger partial charge in [-0.2, -0.15) is 0 Å². The van der Waals surface area contributed by atoms with Crippen LogP contribution in [0.1, 0.15) is 35.7 Å². The monoisotopic (exact) mass is 256 g/mol. The SMILES string of the molecule is Cc1oc(C(=O)NN)cc1COCCOC(C)C. The van der Waals surface area contributed by atoms with E-state index in [2.05, 4.69) is 0 Å². The van der Waals surface area contributed by atoms with E-state index in [0.29, 0.717) is 25.6 Å². The first-order chi connectivity index (χ1) is 8.54. The van der Waals surface area contributed by atoms with E-state index in [0.717, 1.165) is 5.56 Å². The van der Waals surface area contributed by atoms with Crippen molar-refractivity contribution in [3.05, 3.63) is 23.2 Å². The van der Waals surface area contributed by atoms with Gasteiger partial charge in [-0.3, -0.25) is 10.2 Å². The number of hydrogen-bond donors (Lipinski definition) is 2. The predicted molar refractivity (Wildman–Crippen MR) is 65.8 cm³/mol. The molecule has 0 bridgehead atoms. The highest BCUT2D eigenvalue weighted by molar-refractivity contribution is 5.91. The van der Waals surface area contributed by atoms with E-state index < -0.39 is 5.91 Å². The lowest BCUT2D eigenvalue weighted by atomic mass is 10.2. The summed E-state index contributed by atoms with van der Waals surface area (Å²) in [5.74, 6) is 5.41. The Balaban J connectivity index is 2.38. The van der Waals surface area contributed by atoms with Crippen molar-refractivity contribution in [3.8, 4) is 0 Å². The number of nitrogen functional groups attached to an aromatic ring is 1. The van der Waals surface area contributed by atoms with Gasteiger partial charge in [0.2, 0.25) is 0 Å². The number of carbonyl (C=O) groups is 1. The first kappa shape index (κ1) is 14.7. The molecular formula is C12H20N2O4. The van der Waals surface area contributed by atoms with E-state index in [9.17, 15) is 4.79 Å². The molecule has 0 unspecified atom stereocenters. The average molecular weight is 256 g/mol. The summed E-state index contributed by atoms with van der Waals surface area (Å²) in [6, 6.07) is 1.63. The standard InChI is InChI=1S/C12H20N2O4/c1-8(2)17-5-4-16-7-10-6-11(12(15)14-13)18-9(10)3/h6,8H,4-5,7,13H2,1-3H3,(H,14,15). The first-order valence-electron chi connectivity index (χ1n) is 5.84. The van der Waals surface area contributed by atoms with Crippen molar-refractivity contribution in [1.29, 1.82) is 0 Å². The molecule has 0 aromatic carbocycles. The van der Waals surface area contributed by atoms with E-state index in [-0.39, 0.29) is 11.9 Å². The third kappa shape index (κ3) is 4.48. The van der Waals surface area contributed by atoms with Gasteiger partial charge in [0.05, 0.1) is 25.9 Å². The van der Waals surface area contributed by atoms with E-state index in [1.54, 1.807) is 13.0 Å². The number of ether oxygens (including phenoxy) is 2. The van der Waals surface area contributed by atoms with Crippen LogP contribution >= 0.6 is 0 Å². The second-order valence-electron chi connectivity index (χ2n) is 4.14. The van der Waals surface area contributed by atoms with Crippen LogP contribution in [-0.2, 0) is 16.1 Å². The van der Waals surface area contributed by atoms with Crippen LogP contribution in [0.3, 0.4) is 0 Å². The summed E-state index contributed by atoms with van der Waals surface area (Å²) < 4.78 is 16.0. The quantitative estimate of drug-likeness (QED) is 0.330. The molecule has 1 rings (SSSR count). The molecule has 102 valence electrons. The van der Waals surface area contributed by atoms with Crippen LogP contribution in [0.5, 0.6) is 0 Å². The molecular weight excluding hydrogens is 236 g/mol. The Morgan fingerprint density at radius 3 is 2.83 bits per heavy atom. The highest BCUT2D eigenvalue weighted by Gasteiger charge is 2.13. The predicted octanol–water partition coefficient (Wildman–Crippen LogP) is 1.13. The fourth-order valence-electron chi connectivity index (χ4n) is 1.37. The number of nitrogens with one attached hydrogen (secondary N) is 1. The number of amides is 1. The van der Waals surface area contributed by atoms with Gasteiger partial charge in [-0.15, -0.1) is 0 Å². The van der Waals surface area contributed by atoms with E-state index in [4.69, 9.17) is 19.7 Å². The lowest BCUT2D eigenvalue weighted by Crippen LogP contribution is -2.29. The summed E-state index contributed by atoms with van der Waals surface area (Å²) in [7, 11) is 0. The van der Waals surface area contributed by atoms with Crippen LogP contribution < -0.4 is 11.3 Å². The number of hydrazine groups is 1. The number of nitrogens with two attached hydrogens (primary N) is 1. The highest BCUT2D eigenvalue weighted by atomic mass is 16.5. The molecule has 1 amide bonds. The average Bonchev–Trinajstić information content (AvgIpc) is 2.69. The molecule has 1 aromatic rings. The number of aryl methyl sites for hydroxylation is 1. The largest absolute Gasteiger partial charge is 0.456 e. The zero-order valence-electron chi connectivity index (χ0n) is 11.0. The molecule has 0 fully saturated rings. The summed E-state index contributed by atoms with van der Waals surface area (Å²) >= 11 is 0. The van der Waals surface area contributed by atoms with Crippen LogP contribution in [0.4, 0.5) is 0 Å². The lowest BCUT2D eigenvalue weighted by molar-refractivity contribution is 0.0140. The topological polar surface area (TPSA) is 86.7 Å². The van der Waals surface area contributed by atoms with Crippen LogP contribution in [0.15, 0.2) is 10.5 Å². The molecule has 0 spiro atoms. The number of hydrogen-bond acceptors (Lipinski definition) is 5. The van der Waals surface area contributed by atoms with Gasteiger partial charge in [0.25, 0.3) is 0 Å². The fraction of sp³-hybridized carbons (Fsp3) is 0.583. The molecule has 0 saturated carbocycles. The molecule has 0 aliphatic carbocycles. The van der Waals surface area contributed by atoms with Crippen molar-refractivity contribution in [2.24, 2.45) is 5.84 Å². The van der Waals surface area contributed by atoms with Crippen molar-refractivity contribution in [2.45, 2.75) is 33.5 Å². The van der Waals surface area contributed by atoms with E-state index in [1.807, 2.05) is 19.3 Å². The van der Waals surface area contributed by atoms with Gasteiger partial charge in [0.1, 0.15) is 5.76 Å². The zero-order chi connectivity index (χ0) is 13.5. The number of furan rings is 1. The molecule has 1 heterocycles. The minimum atomic E-state index is -0.451. The minimum Gasteiger partial charge on any atom is -0.456 e. The smallest absolute Gasteiger partial charge is 0.300 e. The van der Waals surface area contributed by atoms with Gasteiger partial charge in [-0.25, -0.2) is 5.84 Å². The van der Waals surface area contributed by atoms with E-state index in [1.165, 1.54) is 0 Å². The van der Waals surface area contributed by atoms with Crippen molar-refractivity contribution >= 4 is 5.91 Å². The minimum absolute atomic E-state index is 0.187. The number of rotatable bonds is 7. The maximum atomic E-state index is 11.2. The van der Waals surface area contributed by atoms with Gasteiger partial charge >= 0.3 is 5.91 Å². The van der Waals surface area contributed by atoms with E-state index >= 15 is 0 Å². The fourth-order valence-corrected chi connectivity index (χ4v) is 1.37. The summed E-state index contributed by atoms with van der Waals surface area (Å²) in [6.07, 6.45) is 0.198. The van der Waals surface area contributed by atoms with Crippen LogP contribution in [0.25, 0.3) is 0 Å². The molecule has 18 heavy (non-hydrogen) atoms. The Hall–Kier alpha value is -1.37. The highest BCUT2D eigenvalue weighted by Crippen LogP contribution is 2.15. The molecule has 0 aliphatic heterocycles. The lowest BCUT2D eigenvalue weighted by Gasteiger charge is -2.07. The molecule has 0 saturated heterocycles. The van der Waals surface area contributed by atoms with Crippen LogP contribution in [-0.4, -0.2) is 25.2 Å². The van der Waals surface area contributed by atoms with Crippen molar-refractivity contribution in [3.63, 3.8) is 0 Å². The molecule has 0 aliphatic rings. The van der Waals surface area contributed by atoms with Crippen molar-refractivity contribution in [2.75, 3.05) is 13.2 Å². The summed E-state index contributed by atoms with van der Waals surface area (Å²) in [5.41, 5.74) is 2.85. The number of carbonyl (C=O) groups excluding carboxylic acids is 1. The third-order valence-corrected chi connectivity index (χ3v) is 2.31. The van der Waals surface area contributed by atoms with Gasteiger partial charge in [0.15, 0.2) is 5.76 Å². The Labute approximate surface area is 106 Å². The molecule has 0 atom stereocenters. The van der Waals surface area contributed by atoms with Gasteiger partial charge in [-0.1, -0.05) is 0 Å². The molecule has 1 aromatic heterocycles. The Kier molecular flexibility index (Phi) is 5.84. The second-order valence-corrected chi connectivity index (χ2v) is 4.14. The summed E-state index contributed by atoms with van der Waals surface area (Å²) in [5, 5.41) is 0. The maximum absolute atomic E-state index is 11.2. The Morgan fingerprint density at radius 2 is 2.22 bits per heavy atom. The normalized spacial score (nSPS) is 10.9. The maximum Gasteiger partial charge on any atom is 0.300 e. The first-order valence-corrected chi connectivity index (χ1v) is 5.84.